The maximum Gasteiger partial charge on any atom is 0.268 e. The van der Waals surface area contributed by atoms with Crippen LogP contribution >= 0.6 is 0 Å². The molecule has 15 nitrogen and oxygen atoms in total. The molecule has 5 aromatic rings. The van der Waals surface area contributed by atoms with Crippen LogP contribution in [0.5, 0.6) is 17.4 Å². The number of anilines is 2. The molecule has 0 bridgehead atoms. The van der Waals surface area contributed by atoms with Crippen LogP contribution in [0.4, 0.5) is 21.6 Å². The van der Waals surface area contributed by atoms with Gasteiger partial charge in [-0.3, -0.25) is 4.79 Å². The maximum absolute atomic E-state index is 14.9. The number of aromatic amines is 1. The lowest BCUT2D eigenvalue weighted by Gasteiger charge is -2.56. The molecule has 3 aromatic heterocycles. The van der Waals surface area contributed by atoms with Crippen molar-refractivity contribution in [3.05, 3.63) is 94.7 Å². The fraction of sp³-hybridized carbons (Fsp3) is 0.519. The van der Waals surface area contributed by atoms with Gasteiger partial charge in [-0.1, -0.05) is 38.1 Å². The van der Waals surface area contributed by atoms with Crippen molar-refractivity contribution in [2.45, 2.75) is 108 Å². The number of amides is 1. The number of nitrogens with zero attached hydrogens (tertiary/aromatic N) is 3. The summed E-state index contributed by atoms with van der Waals surface area (Å²) >= 11 is 0. The summed E-state index contributed by atoms with van der Waals surface area (Å²) in [4.78, 5) is 27.7. The predicted molar refractivity (Wildman–Crippen MR) is 262 cm³/mol. The number of nitrogens with one attached hydrogen (secondary N) is 4. The highest BCUT2D eigenvalue weighted by Gasteiger charge is 2.50. The van der Waals surface area contributed by atoms with Gasteiger partial charge in [0.05, 0.1) is 43.0 Å². The number of carbonyl (C=O) groups excluding carboxylic acids is 1. The minimum atomic E-state index is -4.57. The smallest absolute Gasteiger partial charge is 0.268 e. The number of halogens is 1. The second-order valence-electron chi connectivity index (χ2n) is 20.5. The van der Waals surface area contributed by atoms with Crippen molar-refractivity contribution in [3.8, 4) is 17.4 Å². The monoisotopic (exact) mass is 967 g/mol. The first-order valence-corrected chi connectivity index (χ1v) is 26.1. The number of carbonyl (C=O) groups is 1. The summed E-state index contributed by atoms with van der Waals surface area (Å²) in [5.74, 6) is 1.12. The van der Waals surface area contributed by atoms with Gasteiger partial charge in [-0.25, -0.2) is 22.5 Å². The minimum absolute atomic E-state index is 0.0146. The molecule has 370 valence electrons. The van der Waals surface area contributed by atoms with Crippen LogP contribution in [0.3, 0.4) is 0 Å². The van der Waals surface area contributed by atoms with Crippen molar-refractivity contribution < 1.29 is 42.0 Å². The fourth-order valence-corrected chi connectivity index (χ4v) is 12.3. The van der Waals surface area contributed by atoms with E-state index < -0.39 is 32.4 Å². The van der Waals surface area contributed by atoms with Gasteiger partial charge < -0.3 is 44.8 Å². The summed E-state index contributed by atoms with van der Waals surface area (Å²) in [7, 11) is -3.25. The summed E-state index contributed by atoms with van der Waals surface area (Å²) < 4.78 is 63.3. The zero-order valence-corrected chi connectivity index (χ0v) is 41.1. The largest absolute Gasteiger partial charge is 0.629 e. The van der Waals surface area contributed by atoms with Crippen LogP contribution in [0.1, 0.15) is 119 Å². The summed E-state index contributed by atoms with van der Waals surface area (Å²) in [5.41, 5.74) is 3.40. The molecular formula is C52H66FN7O8S. The zero-order valence-electron chi connectivity index (χ0n) is 40.3. The van der Waals surface area contributed by atoms with Crippen LogP contribution in [0.2, 0.25) is 0 Å². The lowest BCUT2D eigenvalue weighted by molar-refractivity contribution is -0.751. The third kappa shape index (κ3) is 10.4. The molecule has 2 saturated heterocycles. The number of quaternary nitrogens is 1. The Kier molecular flexibility index (Phi) is 14.0. The number of hydroxylamine groups is 1. The number of fused-ring (bicyclic) bond motifs is 1. The van der Waals surface area contributed by atoms with Crippen LogP contribution in [0.15, 0.2) is 71.9 Å². The van der Waals surface area contributed by atoms with E-state index in [0.717, 1.165) is 70.3 Å². The summed E-state index contributed by atoms with van der Waals surface area (Å²) in [5, 5.41) is 26.1. The van der Waals surface area contributed by atoms with Gasteiger partial charge in [-0.05, 0) is 124 Å². The Balaban J connectivity index is 0.936. The van der Waals surface area contributed by atoms with Crippen LogP contribution in [-0.2, 0) is 14.8 Å². The van der Waals surface area contributed by atoms with Crippen LogP contribution in [-0.4, -0.2) is 86.5 Å². The van der Waals surface area contributed by atoms with E-state index in [1.807, 2.05) is 6.92 Å². The van der Waals surface area contributed by atoms with Gasteiger partial charge in [0.2, 0.25) is 0 Å². The van der Waals surface area contributed by atoms with Crippen LogP contribution in [0.25, 0.3) is 11.0 Å². The molecule has 2 aliphatic carbocycles. The normalized spacial score (nSPS) is 23.4. The van der Waals surface area contributed by atoms with E-state index in [0.29, 0.717) is 43.1 Å². The van der Waals surface area contributed by atoms with E-state index in [9.17, 15) is 27.9 Å². The van der Waals surface area contributed by atoms with Gasteiger partial charge in [0.15, 0.2) is 17.3 Å². The third-order valence-electron chi connectivity index (χ3n) is 15.4. The number of pyridine rings is 2. The molecule has 2 saturated carbocycles. The highest BCUT2D eigenvalue weighted by molar-refractivity contribution is 7.90. The molecule has 9 rings (SSSR count). The van der Waals surface area contributed by atoms with Gasteiger partial charge in [-0.2, -0.15) is 4.98 Å². The quantitative estimate of drug-likeness (QED) is 0.0631. The maximum atomic E-state index is 14.9. The molecule has 3 atom stereocenters. The highest BCUT2D eigenvalue weighted by Crippen LogP contribution is 2.59. The Morgan fingerprint density at radius 3 is 2.55 bits per heavy atom. The Morgan fingerprint density at radius 1 is 1.07 bits per heavy atom. The molecule has 4 aliphatic rings. The molecule has 1 amide bonds. The van der Waals surface area contributed by atoms with Crippen LogP contribution in [0, 0.1) is 34.2 Å². The summed E-state index contributed by atoms with van der Waals surface area (Å²) in [6, 6.07) is 16.5. The third-order valence-corrected chi connectivity index (χ3v) is 16.7. The Labute approximate surface area is 404 Å². The standard InChI is InChI=1S/C52H66FN7O8S/c1-6-67-50-46(25-41-43(53)30-56-47(41)57-50)68-45-23-35(60-20-18-52(19-21-60)26-34(27-52)38-15-22-66-31-42(38)39-10-8-7-9-37(39)32(2)3)11-12-40(45)49(61)58-69(64,65)36-24-44(59(5)63)48(55-29-36)54-28-33-13-16-51(4,62)17-14-33/h7-12,23-25,29-30,32-34,38,42,59,62H,6,13-22,26-28,31H2,1-5H3,(H,54,55)(H,56,57)(H,58,61)/t33?,38-,42-,51?/m1/s1. The van der Waals surface area contributed by atoms with E-state index in [1.54, 1.807) is 19.1 Å². The molecule has 17 heteroatoms. The minimum Gasteiger partial charge on any atom is -0.629 e. The number of hydrogen-bond donors (Lipinski definition) is 5. The number of sulfonamides is 1. The topological polar surface area (TPSA) is 196 Å². The molecule has 1 unspecified atom stereocenters. The van der Waals surface area contributed by atoms with E-state index in [1.165, 1.54) is 55.4 Å². The number of rotatable bonds is 15. The lowest BCUT2D eigenvalue weighted by Crippen LogP contribution is -2.98. The Hall–Kier alpha value is -5.33. The number of ether oxygens (including phenoxy) is 3. The van der Waals surface area contributed by atoms with Crippen molar-refractivity contribution in [1.29, 1.82) is 0 Å². The molecular weight excluding hydrogens is 902 g/mol. The second-order valence-corrected chi connectivity index (χ2v) is 22.2. The molecule has 2 aromatic carbocycles. The van der Waals surface area contributed by atoms with Crippen molar-refractivity contribution >= 4 is 44.2 Å². The molecule has 2 aliphatic heterocycles. The molecule has 1 spiro atoms. The Bertz CT molecular complexity index is 2760. The van der Waals surface area contributed by atoms with Gasteiger partial charge in [0, 0.05) is 62.2 Å². The molecule has 0 radical (unpaired) electrons. The first-order chi connectivity index (χ1) is 33.0. The number of piperidine rings is 1. The van der Waals surface area contributed by atoms with E-state index >= 15 is 0 Å². The van der Waals surface area contributed by atoms with Gasteiger partial charge >= 0.3 is 0 Å². The first-order valence-electron chi connectivity index (χ1n) is 24.6. The number of aromatic nitrogens is 3. The fourth-order valence-electron chi connectivity index (χ4n) is 11.4. The lowest BCUT2D eigenvalue weighted by atomic mass is 9.52. The van der Waals surface area contributed by atoms with Crippen molar-refractivity contribution in [1.82, 2.24) is 19.7 Å². The second kappa shape index (κ2) is 19.8. The summed E-state index contributed by atoms with van der Waals surface area (Å²) in [6.07, 6.45) is 10.7. The molecule has 5 N–H and O–H groups in total. The average molecular weight is 968 g/mol. The molecule has 69 heavy (non-hydrogen) atoms. The van der Waals surface area contributed by atoms with E-state index in [-0.39, 0.29) is 68.3 Å². The van der Waals surface area contributed by atoms with Crippen molar-refractivity contribution in [2.75, 3.05) is 56.7 Å². The van der Waals surface area contributed by atoms with Gasteiger partial charge in [-0.15, -0.1) is 0 Å². The summed E-state index contributed by atoms with van der Waals surface area (Å²) in [6.45, 7) is 12.0. The average Bonchev–Trinajstić information content (AvgIpc) is 3.68. The first kappa shape index (κ1) is 48.7. The number of H-pyrrole nitrogens is 1. The zero-order chi connectivity index (χ0) is 48.7. The Morgan fingerprint density at radius 2 is 1.83 bits per heavy atom. The highest BCUT2D eigenvalue weighted by atomic mass is 32.2. The van der Waals surface area contributed by atoms with E-state index in [2.05, 4.69) is 68.0 Å². The number of aliphatic hydroxyl groups is 1. The molecule has 4 fully saturated rings. The number of hydrogen-bond acceptors (Lipinski definition) is 12. The molecule has 5 heterocycles. The van der Waals surface area contributed by atoms with Crippen molar-refractivity contribution in [3.63, 3.8) is 0 Å². The van der Waals surface area contributed by atoms with Gasteiger partial charge in [0.1, 0.15) is 22.1 Å². The van der Waals surface area contributed by atoms with Crippen molar-refractivity contribution in [2.24, 2.45) is 23.2 Å². The van der Waals surface area contributed by atoms with Crippen LogP contribution < -0.4 is 29.5 Å². The number of benzene rings is 2. The van der Waals surface area contributed by atoms with Gasteiger partial charge in [0.25, 0.3) is 21.8 Å². The predicted octanol–water partition coefficient (Wildman–Crippen LogP) is 8.34. The SMILES string of the molecule is CCOc1nc2[nH]cc(F)c2cc1Oc1cc(N2CCC3(CC2)CC([C@H]2CCOC[C@H]2c2ccccc2C(C)C)C3)ccc1C(=O)NS(=O)(=O)c1cnc(NCC2CCC(C)(O)CC2)c([NH+](C)[O-])c1. The van der Waals surface area contributed by atoms with E-state index in [4.69, 9.17) is 14.2 Å².